The smallest absolute Gasteiger partial charge is 0.340 e. The summed E-state index contributed by atoms with van der Waals surface area (Å²) in [4.78, 5) is 24.9. The number of sulfonamides is 2. The summed E-state index contributed by atoms with van der Waals surface area (Å²) >= 11 is 6.12. The van der Waals surface area contributed by atoms with Crippen LogP contribution in [0.1, 0.15) is 23.2 Å². The van der Waals surface area contributed by atoms with Gasteiger partial charge in [0.15, 0.2) is 6.61 Å². The third-order valence-corrected chi connectivity index (χ3v) is 10.1. The lowest BCUT2D eigenvalue weighted by atomic mass is 10.2. The number of nitrogens with zero attached hydrogens (tertiary/aromatic N) is 2. The Labute approximate surface area is 232 Å². The van der Waals surface area contributed by atoms with E-state index in [0.29, 0.717) is 24.5 Å². The Hall–Kier alpha value is -3.45. The standard InChI is InChI=1S/C26H26ClN3O7S2/c1-29(20-7-3-2-4-8-20)38(33,34)22-13-14-24(27)23(17-22)26(32)37-18-25(31)28-19-9-11-21(12-10-19)39(35,36)30-15-5-6-16-30/h2-4,7-14,17H,5-6,15-16,18H2,1H3,(H,28,31). The van der Waals surface area contributed by atoms with Gasteiger partial charge in [0, 0.05) is 25.8 Å². The molecule has 3 aromatic carbocycles. The molecule has 10 nitrogen and oxygen atoms in total. The maximum absolute atomic E-state index is 13.1. The second kappa shape index (κ2) is 11.7. The molecule has 0 atom stereocenters. The van der Waals surface area contributed by atoms with E-state index in [0.717, 1.165) is 23.2 Å². The van der Waals surface area contributed by atoms with Gasteiger partial charge in [0.1, 0.15) is 0 Å². The molecule has 0 aliphatic carbocycles. The van der Waals surface area contributed by atoms with Crippen molar-refractivity contribution in [3.05, 3.63) is 83.4 Å². The molecule has 3 aromatic rings. The summed E-state index contributed by atoms with van der Waals surface area (Å²) in [5.41, 5.74) is 0.518. The van der Waals surface area contributed by atoms with E-state index < -0.39 is 38.5 Å². The number of ether oxygens (including phenoxy) is 1. The molecule has 0 saturated carbocycles. The molecular formula is C26H26ClN3O7S2. The Morgan fingerprint density at radius 2 is 1.54 bits per heavy atom. The lowest BCUT2D eigenvalue weighted by Gasteiger charge is -2.20. The number of benzene rings is 3. The van der Waals surface area contributed by atoms with Gasteiger partial charge in [-0.15, -0.1) is 0 Å². The number of halogens is 1. The minimum Gasteiger partial charge on any atom is -0.452 e. The van der Waals surface area contributed by atoms with Crippen LogP contribution in [0, 0.1) is 0 Å². The number of nitrogens with one attached hydrogen (secondary N) is 1. The Bertz CT molecular complexity index is 1570. The van der Waals surface area contributed by atoms with E-state index in [2.05, 4.69) is 5.32 Å². The normalized spacial score (nSPS) is 14.1. The van der Waals surface area contributed by atoms with Crippen molar-refractivity contribution < 1.29 is 31.2 Å². The first kappa shape index (κ1) is 28.6. The lowest BCUT2D eigenvalue weighted by molar-refractivity contribution is -0.119. The SMILES string of the molecule is CN(c1ccccc1)S(=O)(=O)c1ccc(Cl)c(C(=O)OCC(=O)Nc2ccc(S(=O)(=O)N3CCCC3)cc2)c1. The summed E-state index contributed by atoms with van der Waals surface area (Å²) < 4.78 is 59.0. The largest absolute Gasteiger partial charge is 0.452 e. The molecule has 1 fully saturated rings. The van der Waals surface area contributed by atoms with E-state index in [1.807, 2.05) is 0 Å². The van der Waals surface area contributed by atoms with E-state index in [1.165, 1.54) is 47.8 Å². The topological polar surface area (TPSA) is 130 Å². The fourth-order valence-electron chi connectivity index (χ4n) is 3.95. The highest BCUT2D eigenvalue weighted by Gasteiger charge is 2.27. The van der Waals surface area contributed by atoms with E-state index >= 15 is 0 Å². The third kappa shape index (κ3) is 6.41. The molecule has 13 heteroatoms. The predicted octanol–water partition coefficient (Wildman–Crippen LogP) is 3.75. The Balaban J connectivity index is 1.39. The third-order valence-electron chi connectivity index (χ3n) is 6.11. The highest BCUT2D eigenvalue weighted by Crippen LogP contribution is 2.26. The highest BCUT2D eigenvalue weighted by atomic mass is 35.5. The van der Waals surface area contributed by atoms with Gasteiger partial charge in [-0.25, -0.2) is 21.6 Å². The van der Waals surface area contributed by atoms with Crippen molar-refractivity contribution in [2.24, 2.45) is 0 Å². The molecule has 39 heavy (non-hydrogen) atoms. The molecule has 0 spiro atoms. The maximum atomic E-state index is 13.1. The first-order valence-electron chi connectivity index (χ1n) is 11.9. The molecular weight excluding hydrogens is 566 g/mol. The Morgan fingerprint density at radius 3 is 2.18 bits per heavy atom. The number of amides is 1. The molecule has 206 valence electrons. The summed E-state index contributed by atoms with van der Waals surface area (Å²) in [6.07, 6.45) is 1.64. The van der Waals surface area contributed by atoms with Crippen molar-refractivity contribution in [2.75, 3.05) is 36.4 Å². The number of hydrogen-bond donors (Lipinski definition) is 1. The van der Waals surface area contributed by atoms with Crippen LogP contribution in [-0.2, 0) is 29.6 Å². The molecule has 1 aliphatic heterocycles. The van der Waals surface area contributed by atoms with Gasteiger partial charge in [0.25, 0.3) is 15.9 Å². The molecule has 1 aliphatic rings. The van der Waals surface area contributed by atoms with E-state index in [9.17, 15) is 26.4 Å². The Kier molecular flexibility index (Phi) is 8.60. The zero-order chi connectivity index (χ0) is 28.2. The van der Waals surface area contributed by atoms with Crippen LogP contribution in [-0.4, -0.2) is 59.8 Å². The van der Waals surface area contributed by atoms with Crippen LogP contribution >= 0.6 is 11.6 Å². The van der Waals surface area contributed by atoms with Crippen LogP contribution in [0.15, 0.2) is 82.6 Å². The van der Waals surface area contributed by atoms with Crippen LogP contribution in [0.3, 0.4) is 0 Å². The summed E-state index contributed by atoms with van der Waals surface area (Å²) in [5, 5.41) is 2.48. The zero-order valence-electron chi connectivity index (χ0n) is 20.9. The number of esters is 1. The van der Waals surface area contributed by atoms with Crippen LogP contribution in [0.2, 0.25) is 5.02 Å². The molecule has 1 amide bonds. The van der Waals surface area contributed by atoms with Gasteiger partial charge in [0.05, 0.1) is 26.1 Å². The highest BCUT2D eigenvalue weighted by molar-refractivity contribution is 7.92. The first-order chi connectivity index (χ1) is 18.5. The van der Waals surface area contributed by atoms with E-state index in [1.54, 1.807) is 30.3 Å². The summed E-state index contributed by atoms with van der Waals surface area (Å²) in [7, 11) is -6.21. The number of hydrogen-bond acceptors (Lipinski definition) is 7. The average molecular weight is 592 g/mol. The van der Waals surface area contributed by atoms with Crippen molar-refractivity contribution >= 4 is 54.9 Å². The average Bonchev–Trinajstić information content (AvgIpc) is 3.48. The second-order valence-corrected chi connectivity index (χ2v) is 13.0. The number of para-hydroxylation sites is 1. The van der Waals surface area contributed by atoms with Crippen LogP contribution < -0.4 is 9.62 Å². The molecule has 1 heterocycles. The fourth-order valence-corrected chi connectivity index (χ4v) is 6.88. The van der Waals surface area contributed by atoms with Gasteiger partial charge in [-0.3, -0.25) is 9.10 Å². The summed E-state index contributed by atoms with van der Waals surface area (Å²) in [6.45, 7) is 0.285. The van der Waals surface area contributed by atoms with Crippen LogP contribution in [0.5, 0.6) is 0 Å². The zero-order valence-corrected chi connectivity index (χ0v) is 23.3. The predicted molar refractivity (Wildman–Crippen MR) is 147 cm³/mol. The number of carbonyl (C=O) groups is 2. The van der Waals surface area contributed by atoms with Gasteiger partial charge in [0.2, 0.25) is 10.0 Å². The molecule has 0 bridgehead atoms. The monoisotopic (exact) mass is 591 g/mol. The first-order valence-corrected chi connectivity index (χ1v) is 15.2. The van der Waals surface area contributed by atoms with Crippen molar-refractivity contribution in [1.29, 1.82) is 0 Å². The van der Waals surface area contributed by atoms with Gasteiger partial charge in [-0.05, 0) is 67.4 Å². The summed E-state index contributed by atoms with van der Waals surface area (Å²) in [5.74, 6) is -1.66. The molecule has 1 N–H and O–H groups in total. The quantitative estimate of drug-likeness (QED) is 0.375. The van der Waals surface area contributed by atoms with Crippen molar-refractivity contribution in [1.82, 2.24) is 4.31 Å². The molecule has 1 saturated heterocycles. The number of anilines is 2. The molecule has 0 aromatic heterocycles. The van der Waals surface area contributed by atoms with Crippen molar-refractivity contribution in [2.45, 2.75) is 22.6 Å². The van der Waals surface area contributed by atoms with E-state index in [4.69, 9.17) is 16.3 Å². The van der Waals surface area contributed by atoms with Gasteiger partial charge < -0.3 is 10.1 Å². The second-order valence-electron chi connectivity index (χ2n) is 8.71. The molecule has 0 unspecified atom stereocenters. The lowest BCUT2D eigenvalue weighted by Crippen LogP contribution is -2.27. The molecule has 0 radical (unpaired) electrons. The van der Waals surface area contributed by atoms with Gasteiger partial charge >= 0.3 is 5.97 Å². The van der Waals surface area contributed by atoms with Crippen LogP contribution in [0.25, 0.3) is 0 Å². The fraction of sp³-hybridized carbons (Fsp3) is 0.231. The molecule has 4 rings (SSSR count). The summed E-state index contributed by atoms with van der Waals surface area (Å²) in [6, 6.07) is 17.7. The number of carbonyl (C=O) groups excluding carboxylic acids is 2. The van der Waals surface area contributed by atoms with Gasteiger partial charge in [-0.1, -0.05) is 29.8 Å². The number of rotatable bonds is 9. The maximum Gasteiger partial charge on any atom is 0.340 e. The minimum atomic E-state index is -4.01. The van der Waals surface area contributed by atoms with Gasteiger partial charge in [-0.2, -0.15) is 4.31 Å². The van der Waals surface area contributed by atoms with Crippen molar-refractivity contribution in [3.8, 4) is 0 Å². The Morgan fingerprint density at radius 1 is 0.923 bits per heavy atom. The minimum absolute atomic E-state index is 0.0449. The van der Waals surface area contributed by atoms with Crippen molar-refractivity contribution in [3.63, 3.8) is 0 Å². The van der Waals surface area contributed by atoms with Crippen LogP contribution in [0.4, 0.5) is 11.4 Å². The van der Waals surface area contributed by atoms with E-state index in [-0.39, 0.29) is 20.4 Å².